The van der Waals surface area contributed by atoms with Gasteiger partial charge in [-0.15, -0.1) is 0 Å². The van der Waals surface area contributed by atoms with Crippen LogP contribution in [0.1, 0.15) is 10.4 Å². The van der Waals surface area contributed by atoms with Gasteiger partial charge in [0.1, 0.15) is 0 Å². The molecule has 0 aliphatic rings. The van der Waals surface area contributed by atoms with Gasteiger partial charge in [-0.1, -0.05) is 6.07 Å². The number of benzene rings is 2. The van der Waals surface area contributed by atoms with Gasteiger partial charge < -0.3 is 9.84 Å². The summed E-state index contributed by atoms with van der Waals surface area (Å²) in [5.41, 5.74) is -0.993. The molecule has 21 heavy (non-hydrogen) atoms. The van der Waals surface area contributed by atoms with E-state index in [1.807, 2.05) is 0 Å². The van der Waals surface area contributed by atoms with Gasteiger partial charge in [0.05, 0.1) is 10.5 Å². The Kier molecular flexibility index (Phi) is 3.79. The van der Waals surface area contributed by atoms with Gasteiger partial charge in [-0.2, -0.15) is 4.39 Å². The Morgan fingerprint density at radius 3 is 2.52 bits per heavy atom. The van der Waals surface area contributed by atoms with Crippen LogP contribution < -0.4 is 4.74 Å². The molecule has 0 radical (unpaired) electrons. The fourth-order valence-electron chi connectivity index (χ4n) is 1.56. The van der Waals surface area contributed by atoms with Crippen LogP contribution in [0, 0.1) is 21.7 Å². The normalized spacial score (nSPS) is 10.2. The third-order valence-corrected chi connectivity index (χ3v) is 2.54. The number of aromatic carboxylic acids is 1. The van der Waals surface area contributed by atoms with E-state index in [2.05, 4.69) is 0 Å². The third-order valence-electron chi connectivity index (χ3n) is 2.54. The Bertz CT molecular complexity index is 732. The van der Waals surface area contributed by atoms with Gasteiger partial charge in [0.2, 0.25) is 11.6 Å². The van der Waals surface area contributed by atoms with Crippen LogP contribution in [-0.4, -0.2) is 16.0 Å². The molecule has 2 aromatic rings. The number of hydrogen-bond donors (Lipinski definition) is 1. The smallest absolute Gasteiger partial charge is 0.335 e. The van der Waals surface area contributed by atoms with Gasteiger partial charge in [-0.3, -0.25) is 10.1 Å². The lowest BCUT2D eigenvalue weighted by molar-refractivity contribution is -0.385. The first-order chi connectivity index (χ1) is 9.90. The van der Waals surface area contributed by atoms with E-state index in [4.69, 9.17) is 9.84 Å². The van der Waals surface area contributed by atoms with E-state index >= 15 is 0 Å². The zero-order valence-electron chi connectivity index (χ0n) is 10.2. The minimum Gasteiger partial charge on any atom is -0.478 e. The number of carbonyl (C=O) groups is 1. The topological polar surface area (TPSA) is 89.7 Å². The third kappa shape index (κ3) is 2.94. The quantitative estimate of drug-likeness (QED) is 0.690. The van der Waals surface area contributed by atoms with Crippen molar-refractivity contribution in [3.63, 3.8) is 0 Å². The molecule has 0 spiro atoms. The lowest BCUT2D eigenvalue weighted by Gasteiger charge is -2.08. The SMILES string of the molecule is O=C(O)c1ccc(Oc2cccc(F)c2F)c([N+](=O)[O-])c1. The van der Waals surface area contributed by atoms with Gasteiger partial charge in [-0.25, -0.2) is 9.18 Å². The van der Waals surface area contributed by atoms with Crippen molar-refractivity contribution < 1.29 is 28.3 Å². The first-order valence-electron chi connectivity index (χ1n) is 5.53. The number of rotatable bonds is 4. The average molecular weight is 295 g/mol. The summed E-state index contributed by atoms with van der Waals surface area (Å²) >= 11 is 0. The van der Waals surface area contributed by atoms with Crippen LogP contribution in [0.5, 0.6) is 11.5 Å². The average Bonchev–Trinajstić information content (AvgIpc) is 2.43. The summed E-state index contributed by atoms with van der Waals surface area (Å²) in [6, 6.07) is 5.96. The first-order valence-corrected chi connectivity index (χ1v) is 5.53. The molecule has 0 aliphatic carbocycles. The summed E-state index contributed by atoms with van der Waals surface area (Å²) in [5.74, 6) is -4.76. The van der Waals surface area contributed by atoms with Crippen molar-refractivity contribution in [2.24, 2.45) is 0 Å². The van der Waals surface area contributed by atoms with Crippen LogP contribution in [-0.2, 0) is 0 Å². The largest absolute Gasteiger partial charge is 0.478 e. The lowest BCUT2D eigenvalue weighted by Crippen LogP contribution is -2.00. The van der Waals surface area contributed by atoms with E-state index in [-0.39, 0.29) is 5.56 Å². The van der Waals surface area contributed by atoms with Gasteiger partial charge in [0.25, 0.3) is 0 Å². The van der Waals surface area contributed by atoms with E-state index in [1.165, 1.54) is 6.07 Å². The second-order valence-corrected chi connectivity index (χ2v) is 3.90. The van der Waals surface area contributed by atoms with Gasteiger partial charge in [0.15, 0.2) is 11.6 Å². The summed E-state index contributed by atoms with van der Waals surface area (Å²) in [4.78, 5) is 20.8. The molecule has 8 heteroatoms. The molecule has 6 nitrogen and oxygen atoms in total. The maximum absolute atomic E-state index is 13.5. The number of ether oxygens (including phenoxy) is 1. The predicted molar refractivity (Wildman–Crippen MR) is 66.5 cm³/mol. The Hall–Kier alpha value is -3.03. The highest BCUT2D eigenvalue weighted by atomic mass is 19.2. The van der Waals surface area contributed by atoms with Crippen LogP contribution >= 0.6 is 0 Å². The molecule has 0 saturated carbocycles. The molecule has 1 N–H and O–H groups in total. The van der Waals surface area contributed by atoms with Crippen molar-refractivity contribution in [1.29, 1.82) is 0 Å². The summed E-state index contributed by atoms with van der Waals surface area (Å²) in [5, 5.41) is 19.7. The maximum Gasteiger partial charge on any atom is 0.335 e. The van der Waals surface area contributed by atoms with Crippen molar-refractivity contribution in [2.75, 3.05) is 0 Å². The molecule has 2 aromatic carbocycles. The first kappa shape index (κ1) is 14.4. The Morgan fingerprint density at radius 1 is 1.19 bits per heavy atom. The van der Waals surface area contributed by atoms with E-state index in [0.29, 0.717) is 0 Å². The molecular weight excluding hydrogens is 288 g/mol. The summed E-state index contributed by atoms with van der Waals surface area (Å²) in [6.07, 6.45) is 0. The minimum absolute atomic E-state index is 0.325. The van der Waals surface area contributed by atoms with Crippen molar-refractivity contribution in [3.05, 3.63) is 63.7 Å². The molecule has 0 saturated heterocycles. The molecular formula is C13H7F2NO5. The Balaban J connectivity index is 2.46. The predicted octanol–water partition coefficient (Wildman–Crippen LogP) is 3.36. The minimum atomic E-state index is -1.36. The Labute approximate surface area is 116 Å². The number of nitrogens with zero attached hydrogens (tertiary/aromatic N) is 1. The van der Waals surface area contributed by atoms with E-state index in [0.717, 1.165) is 30.3 Å². The van der Waals surface area contributed by atoms with E-state index in [9.17, 15) is 23.7 Å². The molecule has 0 amide bonds. The van der Waals surface area contributed by atoms with Gasteiger partial charge >= 0.3 is 11.7 Å². The standard InChI is InChI=1S/C13H7F2NO5/c14-8-2-1-3-11(12(8)15)21-10-5-4-7(13(17)18)6-9(10)16(19)20/h1-6H,(H,17,18). The monoisotopic (exact) mass is 295 g/mol. The highest BCUT2D eigenvalue weighted by molar-refractivity contribution is 5.88. The molecule has 108 valence electrons. The molecule has 2 rings (SSSR count). The second-order valence-electron chi connectivity index (χ2n) is 3.90. The van der Waals surface area contributed by atoms with Gasteiger partial charge in [0, 0.05) is 6.07 Å². The van der Waals surface area contributed by atoms with Crippen molar-refractivity contribution >= 4 is 11.7 Å². The van der Waals surface area contributed by atoms with Crippen molar-refractivity contribution in [2.45, 2.75) is 0 Å². The number of carboxylic acids is 1. The highest BCUT2D eigenvalue weighted by Gasteiger charge is 2.20. The van der Waals surface area contributed by atoms with Crippen LogP contribution in [0.3, 0.4) is 0 Å². The molecule has 0 aromatic heterocycles. The molecule has 0 atom stereocenters. The van der Waals surface area contributed by atoms with Crippen LogP contribution in [0.25, 0.3) is 0 Å². The summed E-state index contributed by atoms with van der Waals surface area (Å²) < 4.78 is 31.5. The number of halogens is 2. The molecule has 0 heterocycles. The summed E-state index contributed by atoms with van der Waals surface area (Å²) in [7, 11) is 0. The number of carboxylic acid groups (broad SMARTS) is 1. The highest BCUT2D eigenvalue weighted by Crippen LogP contribution is 2.33. The molecule has 0 bridgehead atoms. The van der Waals surface area contributed by atoms with Gasteiger partial charge in [-0.05, 0) is 24.3 Å². The lowest BCUT2D eigenvalue weighted by atomic mass is 10.2. The maximum atomic E-state index is 13.5. The van der Waals surface area contributed by atoms with E-state index in [1.54, 1.807) is 0 Å². The number of nitro groups is 1. The van der Waals surface area contributed by atoms with Crippen molar-refractivity contribution in [3.8, 4) is 11.5 Å². The van der Waals surface area contributed by atoms with Crippen LogP contribution in [0.15, 0.2) is 36.4 Å². The van der Waals surface area contributed by atoms with Crippen LogP contribution in [0.2, 0.25) is 0 Å². The zero-order valence-corrected chi connectivity index (χ0v) is 10.2. The van der Waals surface area contributed by atoms with Crippen LogP contribution in [0.4, 0.5) is 14.5 Å². The van der Waals surface area contributed by atoms with Crippen molar-refractivity contribution in [1.82, 2.24) is 0 Å². The fraction of sp³-hybridized carbons (Fsp3) is 0. The molecule has 0 aliphatic heterocycles. The molecule has 0 fully saturated rings. The second kappa shape index (κ2) is 5.53. The number of nitro benzene ring substituents is 1. The van der Waals surface area contributed by atoms with E-state index < -0.39 is 39.7 Å². The summed E-state index contributed by atoms with van der Waals surface area (Å²) in [6.45, 7) is 0. The number of hydrogen-bond acceptors (Lipinski definition) is 4. The fourth-order valence-corrected chi connectivity index (χ4v) is 1.56. The molecule has 0 unspecified atom stereocenters. The zero-order chi connectivity index (χ0) is 15.6. The Morgan fingerprint density at radius 2 is 1.90 bits per heavy atom.